The van der Waals surface area contributed by atoms with E-state index in [1.54, 1.807) is 12.1 Å². The molecule has 7 rings (SSSR count). The van der Waals surface area contributed by atoms with Crippen molar-refractivity contribution in [3.63, 3.8) is 0 Å². The molecule has 1 aromatic rings. The summed E-state index contributed by atoms with van der Waals surface area (Å²) in [5.41, 5.74) is -0.783. The quantitative estimate of drug-likeness (QED) is 0.340. The first-order chi connectivity index (χ1) is 20.7. The van der Waals surface area contributed by atoms with Gasteiger partial charge in [0.2, 0.25) is 0 Å². The Morgan fingerprint density at radius 2 is 1.50 bits per heavy atom. The van der Waals surface area contributed by atoms with Gasteiger partial charge in [0, 0.05) is 5.41 Å². The van der Waals surface area contributed by atoms with Gasteiger partial charge in [-0.05, 0) is 155 Å². The maximum absolute atomic E-state index is 14.5. The Morgan fingerprint density at radius 1 is 0.818 bits per heavy atom. The third-order valence-corrected chi connectivity index (χ3v) is 17.7. The number of aliphatic hydroxyl groups is 2. The topological polar surface area (TPSA) is 83.8 Å². The highest BCUT2D eigenvalue weighted by Crippen LogP contribution is 2.69. The first kappa shape index (κ1) is 31.6. The average Bonchev–Trinajstić information content (AvgIpc) is 3.33. The summed E-state index contributed by atoms with van der Waals surface area (Å²) in [4.78, 5) is 0.406. The molecule has 1 spiro atoms. The Hall–Kier alpha value is -0.950. The molecule has 6 heteroatoms. The molecule has 6 fully saturated rings. The van der Waals surface area contributed by atoms with Crippen LogP contribution in [0.4, 0.5) is 0 Å². The van der Waals surface area contributed by atoms with Crippen molar-refractivity contribution in [2.75, 3.05) is 13.2 Å². The lowest BCUT2D eigenvalue weighted by molar-refractivity contribution is -0.161. The van der Waals surface area contributed by atoms with Crippen LogP contribution in [0.15, 0.2) is 35.2 Å². The Bertz CT molecular complexity index is 1310. The standard InChI is InChI=1S/C38H58O5S/c1-26(33(44(41,42)28-8-6-5-7-9-28)23-38(40)20-18-37(19-21-38)24-43-25-37)30-12-13-31-29-11-10-27-22-34(2,39)16-17-35(27,3)32(29)14-15-36(30,31)4/h5-9,26-27,29-33,39-40H,10-25H2,1-4H3/t26-,27-,29-,30+,31-,32-,33?,34-,35-,36+/m0/s1. The summed E-state index contributed by atoms with van der Waals surface area (Å²) in [6.45, 7) is 10.9. The summed E-state index contributed by atoms with van der Waals surface area (Å²) >= 11 is 0. The Kier molecular flexibility index (Phi) is 7.76. The molecular weight excluding hydrogens is 568 g/mol. The number of benzene rings is 1. The highest BCUT2D eigenvalue weighted by atomic mass is 32.2. The number of sulfone groups is 1. The Labute approximate surface area is 266 Å². The second-order valence-corrected chi connectivity index (χ2v) is 19.9. The van der Waals surface area contributed by atoms with E-state index in [4.69, 9.17) is 4.74 Å². The summed E-state index contributed by atoms with van der Waals surface area (Å²) in [6.07, 6.45) is 13.7. The summed E-state index contributed by atoms with van der Waals surface area (Å²) < 4.78 is 34.6. The molecular formula is C38H58O5S. The summed E-state index contributed by atoms with van der Waals surface area (Å²) in [7, 11) is -3.63. The van der Waals surface area contributed by atoms with Gasteiger partial charge in [0.25, 0.3) is 0 Å². The third-order valence-electron chi connectivity index (χ3n) is 15.4. The molecule has 5 aliphatic carbocycles. The molecule has 1 aliphatic heterocycles. The molecule has 10 atom stereocenters. The van der Waals surface area contributed by atoms with Crippen LogP contribution in [0.5, 0.6) is 0 Å². The van der Waals surface area contributed by atoms with Crippen LogP contribution >= 0.6 is 0 Å². The highest BCUT2D eigenvalue weighted by Gasteiger charge is 2.62. The van der Waals surface area contributed by atoms with E-state index in [0.29, 0.717) is 53.2 Å². The van der Waals surface area contributed by atoms with Crippen LogP contribution in [0.25, 0.3) is 0 Å². The zero-order valence-corrected chi connectivity index (χ0v) is 28.6. The van der Waals surface area contributed by atoms with Gasteiger partial charge in [0.05, 0.1) is 34.6 Å². The van der Waals surface area contributed by atoms with Gasteiger partial charge >= 0.3 is 0 Å². The van der Waals surface area contributed by atoms with Gasteiger partial charge in [-0.15, -0.1) is 0 Å². The van der Waals surface area contributed by atoms with Gasteiger partial charge in [-0.1, -0.05) is 39.0 Å². The maximum atomic E-state index is 14.5. The van der Waals surface area contributed by atoms with Crippen LogP contribution < -0.4 is 0 Å². The lowest BCUT2D eigenvalue weighted by Crippen LogP contribution is -2.56. The molecule has 44 heavy (non-hydrogen) atoms. The second-order valence-electron chi connectivity index (χ2n) is 17.8. The van der Waals surface area contributed by atoms with Crippen LogP contribution in [0, 0.1) is 51.8 Å². The van der Waals surface area contributed by atoms with Crippen molar-refractivity contribution in [1.82, 2.24) is 0 Å². The Balaban J connectivity index is 1.15. The number of ether oxygens (including phenoxy) is 1. The lowest BCUT2D eigenvalue weighted by Gasteiger charge is -2.62. The largest absolute Gasteiger partial charge is 0.390 e. The summed E-state index contributed by atoms with van der Waals surface area (Å²) in [5, 5.41) is 22.3. The van der Waals surface area contributed by atoms with Gasteiger partial charge in [-0.25, -0.2) is 8.42 Å². The van der Waals surface area contributed by atoms with E-state index in [0.717, 1.165) is 57.7 Å². The minimum absolute atomic E-state index is 0.0181. The fourth-order valence-corrected chi connectivity index (χ4v) is 14.6. The molecule has 246 valence electrons. The van der Waals surface area contributed by atoms with Crippen LogP contribution in [-0.4, -0.2) is 48.3 Å². The average molecular weight is 627 g/mol. The van der Waals surface area contributed by atoms with Crippen molar-refractivity contribution in [3.05, 3.63) is 30.3 Å². The second kappa shape index (κ2) is 10.8. The van der Waals surface area contributed by atoms with Gasteiger partial charge in [-0.2, -0.15) is 0 Å². The first-order valence-corrected chi connectivity index (χ1v) is 19.6. The molecule has 1 saturated heterocycles. The molecule has 6 aliphatic rings. The molecule has 0 bridgehead atoms. The predicted octanol–water partition coefficient (Wildman–Crippen LogP) is 7.59. The fraction of sp³-hybridized carbons (Fsp3) is 0.842. The zero-order chi connectivity index (χ0) is 31.2. The molecule has 0 aromatic heterocycles. The number of rotatable bonds is 6. The molecule has 5 saturated carbocycles. The van der Waals surface area contributed by atoms with Gasteiger partial charge in [0.1, 0.15) is 0 Å². The minimum Gasteiger partial charge on any atom is -0.390 e. The molecule has 1 unspecified atom stereocenters. The van der Waals surface area contributed by atoms with E-state index >= 15 is 0 Å². The molecule has 1 heterocycles. The molecule has 0 radical (unpaired) electrons. The van der Waals surface area contributed by atoms with E-state index in [1.807, 2.05) is 25.1 Å². The van der Waals surface area contributed by atoms with Crippen molar-refractivity contribution in [2.45, 2.75) is 139 Å². The van der Waals surface area contributed by atoms with Crippen molar-refractivity contribution in [3.8, 4) is 0 Å². The van der Waals surface area contributed by atoms with Crippen LogP contribution in [0.2, 0.25) is 0 Å². The third kappa shape index (κ3) is 5.06. The fourth-order valence-electron chi connectivity index (χ4n) is 12.5. The number of fused-ring (bicyclic) bond motifs is 5. The van der Waals surface area contributed by atoms with Crippen molar-refractivity contribution in [2.24, 2.45) is 51.8 Å². The van der Waals surface area contributed by atoms with Crippen LogP contribution in [0.3, 0.4) is 0 Å². The predicted molar refractivity (Wildman–Crippen MR) is 174 cm³/mol. The molecule has 2 N–H and O–H groups in total. The molecule has 5 nitrogen and oxygen atoms in total. The maximum Gasteiger partial charge on any atom is 0.181 e. The van der Waals surface area contributed by atoms with E-state index in [9.17, 15) is 18.6 Å². The van der Waals surface area contributed by atoms with E-state index in [1.165, 1.54) is 32.1 Å². The molecule has 1 aromatic carbocycles. The zero-order valence-electron chi connectivity index (χ0n) is 27.8. The first-order valence-electron chi connectivity index (χ1n) is 18.0. The van der Waals surface area contributed by atoms with Gasteiger partial charge in [-0.3, -0.25) is 0 Å². The van der Waals surface area contributed by atoms with E-state index in [2.05, 4.69) is 20.8 Å². The summed E-state index contributed by atoms with van der Waals surface area (Å²) in [5.74, 6) is 3.02. The van der Waals surface area contributed by atoms with Gasteiger partial charge < -0.3 is 14.9 Å². The van der Waals surface area contributed by atoms with Gasteiger partial charge in [0.15, 0.2) is 9.84 Å². The summed E-state index contributed by atoms with van der Waals surface area (Å²) in [6, 6.07) is 9.06. The Morgan fingerprint density at radius 3 is 2.16 bits per heavy atom. The number of hydrogen-bond acceptors (Lipinski definition) is 5. The normalized spacial score (nSPS) is 44.1. The van der Waals surface area contributed by atoms with Crippen molar-refractivity contribution >= 4 is 9.84 Å². The monoisotopic (exact) mass is 626 g/mol. The SMILES string of the molecule is C[C@H](C(CC1(O)CCC2(CC1)COC2)S(=O)(=O)c1ccccc1)[C@H]1CC[C@H]2[C@@H]3CC[C@H]4C[C@@](C)(O)CC[C@]4(C)[C@H]3CC[C@]12C. The molecule has 0 amide bonds. The number of hydrogen-bond donors (Lipinski definition) is 2. The van der Waals surface area contributed by atoms with E-state index < -0.39 is 26.3 Å². The van der Waals surface area contributed by atoms with Crippen molar-refractivity contribution < 1.29 is 23.4 Å². The minimum atomic E-state index is -3.63. The highest BCUT2D eigenvalue weighted by molar-refractivity contribution is 7.92. The lowest BCUT2D eigenvalue weighted by atomic mass is 9.43. The smallest absolute Gasteiger partial charge is 0.181 e. The van der Waals surface area contributed by atoms with Crippen molar-refractivity contribution in [1.29, 1.82) is 0 Å². The van der Waals surface area contributed by atoms with Crippen LogP contribution in [-0.2, 0) is 14.6 Å². The van der Waals surface area contributed by atoms with E-state index in [-0.39, 0.29) is 16.7 Å². The van der Waals surface area contributed by atoms with Crippen LogP contribution in [0.1, 0.15) is 118 Å².